The van der Waals surface area contributed by atoms with Gasteiger partial charge in [0.1, 0.15) is 18.0 Å². The van der Waals surface area contributed by atoms with Gasteiger partial charge in [0.05, 0.1) is 6.54 Å². The van der Waals surface area contributed by atoms with Crippen LogP contribution in [0.3, 0.4) is 0 Å². The molecule has 1 N–H and O–H groups in total. The first-order valence-electron chi connectivity index (χ1n) is 7.66. The van der Waals surface area contributed by atoms with Gasteiger partial charge in [0.2, 0.25) is 0 Å². The molecule has 0 spiro atoms. The molecule has 0 saturated carbocycles. The quantitative estimate of drug-likeness (QED) is 0.673. The average molecular weight is 343 g/mol. The fourth-order valence-electron chi connectivity index (χ4n) is 1.78. The van der Waals surface area contributed by atoms with Crippen molar-refractivity contribution in [2.24, 2.45) is 0 Å². The molecule has 2 aromatic rings. The topological polar surface area (TPSA) is 47.6 Å². The van der Waals surface area contributed by atoms with Gasteiger partial charge in [-0.05, 0) is 50.4 Å². The second kappa shape index (κ2) is 8.42. The van der Waals surface area contributed by atoms with Crippen LogP contribution in [0.25, 0.3) is 0 Å². The number of hydrogen-bond acceptors (Lipinski definition) is 4. The molecule has 0 aliphatic carbocycles. The highest BCUT2D eigenvalue weighted by Crippen LogP contribution is 2.13. The molecule has 0 aliphatic rings. The maximum atomic E-state index is 11.5. The number of hydrogen-bond donors (Lipinski definition) is 1. The van der Waals surface area contributed by atoms with E-state index in [4.69, 9.17) is 9.47 Å². The van der Waals surface area contributed by atoms with Crippen molar-refractivity contribution in [1.29, 1.82) is 0 Å². The first kappa shape index (κ1) is 17.9. The highest BCUT2D eigenvalue weighted by Gasteiger charge is 2.15. The molecule has 4 nitrogen and oxygen atoms in total. The minimum atomic E-state index is -0.500. The number of carbonyl (C=O) groups is 1. The second-order valence-corrected chi connectivity index (χ2v) is 6.85. The first-order valence-corrected chi connectivity index (χ1v) is 8.60. The van der Waals surface area contributed by atoms with Crippen LogP contribution in [-0.2, 0) is 4.74 Å². The molecular formula is C19H21NO3S. The molecule has 0 unspecified atom stereocenters. The Hall–Kier alpha value is -2.45. The smallest absolute Gasteiger partial charge is 0.407 e. The minimum Gasteiger partial charge on any atom is -0.492 e. The molecule has 24 heavy (non-hydrogen) atoms. The van der Waals surface area contributed by atoms with Crippen LogP contribution in [0, 0.1) is 11.8 Å². The van der Waals surface area contributed by atoms with Crippen LogP contribution in [0.4, 0.5) is 4.79 Å². The predicted octanol–water partition coefficient (Wildman–Crippen LogP) is 4.05. The van der Waals surface area contributed by atoms with E-state index in [1.54, 1.807) is 11.3 Å². The summed E-state index contributed by atoms with van der Waals surface area (Å²) in [4.78, 5) is 11.5. The van der Waals surface area contributed by atoms with E-state index in [0.717, 1.165) is 16.9 Å². The molecule has 0 aliphatic heterocycles. The zero-order valence-electron chi connectivity index (χ0n) is 14.1. The van der Waals surface area contributed by atoms with Crippen molar-refractivity contribution in [2.45, 2.75) is 26.4 Å². The third kappa shape index (κ3) is 6.76. The van der Waals surface area contributed by atoms with Gasteiger partial charge >= 0.3 is 6.09 Å². The van der Waals surface area contributed by atoms with Gasteiger partial charge in [-0.25, -0.2) is 4.79 Å². The number of amides is 1. The summed E-state index contributed by atoms with van der Waals surface area (Å²) in [6, 6.07) is 9.57. The molecule has 1 aromatic heterocycles. The summed E-state index contributed by atoms with van der Waals surface area (Å²) < 4.78 is 10.8. The summed E-state index contributed by atoms with van der Waals surface area (Å²) in [5.74, 6) is 6.93. The Kier molecular flexibility index (Phi) is 6.28. The maximum Gasteiger partial charge on any atom is 0.407 e. The largest absolute Gasteiger partial charge is 0.492 e. The number of carbonyl (C=O) groups excluding carboxylic acids is 1. The zero-order chi connectivity index (χ0) is 17.4. The van der Waals surface area contributed by atoms with Gasteiger partial charge in [0.25, 0.3) is 0 Å². The molecule has 2 rings (SSSR count). The monoisotopic (exact) mass is 343 g/mol. The molecule has 0 radical (unpaired) electrons. The van der Waals surface area contributed by atoms with E-state index in [0.29, 0.717) is 13.2 Å². The predicted molar refractivity (Wildman–Crippen MR) is 96.5 cm³/mol. The molecule has 0 saturated heterocycles. The maximum absolute atomic E-state index is 11.5. The van der Waals surface area contributed by atoms with Crippen molar-refractivity contribution in [1.82, 2.24) is 5.32 Å². The molecule has 126 valence electrons. The van der Waals surface area contributed by atoms with E-state index < -0.39 is 11.7 Å². The van der Waals surface area contributed by atoms with Gasteiger partial charge < -0.3 is 14.8 Å². The van der Waals surface area contributed by atoms with E-state index in [9.17, 15) is 4.79 Å². The normalized spacial score (nSPS) is 10.5. The number of alkyl carbamates (subject to hydrolysis) is 1. The minimum absolute atomic E-state index is 0.362. The summed E-state index contributed by atoms with van der Waals surface area (Å²) in [6.07, 6.45) is -0.443. The van der Waals surface area contributed by atoms with Gasteiger partial charge in [-0.2, -0.15) is 11.3 Å². The lowest BCUT2D eigenvalue weighted by molar-refractivity contribution is 0.0520. The Morgan fingerprint density at radius 2 is 2.00 bits per heavy atom. The first-order chi connectivity index (χ1) is 11.4. The van der Waals surface area contributed by atoms with Crippen molar-refractivity contribution in [2.75, 3.05) is 13.2 Å². The van der Waals surface area contributed by atoms with E-state index in [-0.39, 0.29) is 0 Å². The Morgan fingerprint density at radius 1 is 1.21 bits per heavy atom. The molecule has 1 heterocycles. The van der Waals surface area contributed by atoms with Gasteiger partial charge in [-0.15, -0.1) is 0 Å². The summed E-state index contributed by atoms with van der Waals surface area (Å²) in [5, 5.41) is 6.67. The van der Waals surface area contributed by atoms with E-state index in [2.05, 4.69) is 17.2 Å². The number of ether oxygens (including phenoxy) is 2. The SMILES string of the molecule is CC(C)(C)OC(=O)NCCOc1cccc(C#Cc2ccsc2)c1. The highest BCUT2D eigenvalue weighted by atomic mass is 32.1. The van der Waals surface area contributed by atoms with Crippen LogP contribution in [0.15, 0.2) is 41.1 Å². The molecule has 0 atom stereocenters. The standard InChI is InChI=1S/C19H21NO3S/c1-19(2,3)23-18(21)20-10-11-22-17-6-4-5-15(13-17)7-8-16-9-12-24-14-16/h4-6,9,12-14H,10-11H2,1-3H3,(H,20,21). The van der Waals surface area contributed by atoms with Crippen molar-refractivity contribution in [3.63, 3.8) is 0 Å². The number of nitrogens with one attached hydrogen (secondary N) is 1. The van der Waals surface area contributed by atoms with Crippen LogP contribution in [-0.4, -0.2) is 24.8 Å². The van der Waals surface area contributed by atoms with Crippen LogP contribution >= 0.6 is 11.3 Å². The molecule has 1 amide bonds. The van der Waals surface area contributed by atoms with E-state index in [1.807, 2.05) is 61.9 Å². The van der Waals surface area contributed by atoms with E-state index in [1.165, 1.54) is 0 Å². The van der Waals surface area contributed by atoms with Gasteiger partial charge in [-0.1, -0.05) is 17.9 Å². The van der Waals surface area contributed by atoms with E-state index >= 15 is 0 Å². The van der Waals surface area contributed by atoms with Crippen molar-refractivity contribution in [3.05, 3.63) is 52.2 Å². The van der Waals surface area contributed by atoms with Crippen LogP contribution in [0.5, 0.6) is 5.75 Å². The third-order valence-corrected chi connectivity index (χ3v) is 3.43. The highest BCUT2D eigenvalue weighted by molar-refractivity contribution is 7.08. The van der Waals surface area contributed by atoms with Crippen molar-refractivity contribution < 1.29 is 14.3 Å². The van der Waals surface area contributed by atoms with Gasteiger partial charge in [-0.3, -0.25) is 0 Å². The second-order valence-electron chi connectivity index (χ2n) is 6.07. The fourth-order valence-corrected chi connectivity index (χ4v) is 2.37. The van der Waals surface area contributed by atoms with Gasteiger partial charge in [0.15, 0.2) is 0 Å². The summed E-state index contributed by atoms with van der Waals surface area (Å²) in [7, 11) is 0. The Bertz CT molecular complexity index is 721. The average Bonchev–Trinajstić information content (AvgIpc) is 3.02. The molecule has 5 heteroatoms. The molecular weight excluding hydrogens is 322 g/mol. The summed E-state index contributed by atoms with van der Waals surface area (Å²) in [5.41, 5.74) is 1.40. The zero-order valence-corrected chi connectivity index (χ0v) is 14.9. The molecule has 1 aromatic carbocycles. The van der Waals surface area contributed by atoms with Crippen molar-refractivity contribution in [3.8, 4) is 17.6 Å². The van der Waals surface area contributed by atoms with Crippen LogP contribution in [0.1, 0.15) is 31.9 Å². The Balaban J connectivity index is 1.79. The number of benzene rings is 1. The lowest BCUT2D eigenvalue weighted by Gasteiger charge is -2.19. The fraction of sp³-hybridized carbons (Fsp3) is 0.316. The van der Waals surface area contributed by atoms with Crippen molar-refractivity contribution >= 4 is 17.4 Å². The number of rotatable bonds is 4. The summed E-state index contributed by atoms with van der Waals surface area (Å²) >= 11 is 1.63. The third-order valence-electron chi connectivity index (χ3n) is 2.75. The van der Waals surface area contributed by atoms with Gasteiger partial charge in [0, 0.05) is 16.5 Å². The lowest BCUT2D eigenvalue weighted by atomic mass is 10.2. The molecule has 0 fully saturated rings. The lowest BCUT2D eigenvalue weighted by Crippen LogP contribution is -2.34. The molecule has 0 bridgehead atoms. The van der Waals surface area contributed by atoms with Crippen LogP contribution in [0.2, 0.25) is 0 Å². The summed E-state index contributed by atoms with van der Waals surface area (Å²) in [6.45, 7) is 6.21. The van der Waals surface area contributed by atoms with Crippen LogP contribution < -0.4 is 10.1 Å². The number of thiophene rings is 1. The Morgan fingerprint density at radius 3 is 2.71 bits per heavy atom. The Labute approximate surface area is 146 Å².